The summed E-state index contributed by atoms with van der Waals surface area (Å²) < 4.78 is 0. The monoisotopic (exact) mass is 331 g/mol. The molecule has 0 saturated heterocycles. The molecule has 2 aromatic carbocycles. The van der Waals surface area contributed by atoms with Crippen LogP contribution in [-0.4, -0.2) is 22.3 Å². The molecule has 3 rings (SSSR count). The van der Waals surface area contributed by atoms with E-state index in [-0.39, 0.29) is 17.7 Å². The van der Waals surface area contributed by atoms with Gasteiger partial charge in [0.05, 0.1) is 0 Å². The highest BCUT2D eigenvalue weighted by Gasteiger charge is 2.31. The van der Waals surface area contributed by atoms with E-state index in [1.807, 2.05) is 30.3 Å². The van der Waals surface area contributed by atoms with Gasteiger partial charge in [-0.05, 0) is 60.2 Å². The number of aryl methyl sites for hydroxylation is 1. The third-order valence-corrected chi connectivity index (χ3v) is 4.67. The molecule has 0 radical (unpaired) electrons. The number of hydrogen-bond acceptors (Lipinski definition) is 2. The highest BCUT2D eigenvalue weighted by molar-refractivity contribution is 6.30. The summed E-state index contributed by atoms with van der Waals surface area (Å²) in [5.41, 5.74) is 3.28. The molecule has 23 heavy (non-hydrogen) atoms. The topological polar surface area (TPSA) is 69.6 Å². The Bertz CT molecular complexity index is 715. The summed E-state index contributed by atoms with van der Waals surface area (Å²) in [4.78, 5) is 11.1. The number of hydrogen-bond donors (Lipinski definition) is 3. The molecule has 2 unspecified atom stereocenters. The van der Waals surface area contributed by atoms with E-state index in [1.165, 1.54) is 5.56 Å². The van der Waals surface area contributed by atoms with Crippen molar-refractivity contribution in [2.45, 2.75) is 31.2 Å². The van der Waals surface area contributed by atoms with Gasteiger partial charge >= 0.3 is 6.09 Å². The Morgan fingerprint density at radius 3 is 2.65 bits per heavy atom. The average Bonchev–Trinajstić information content (AvgIpc) is 2.51. The molecule has 2 atom stereocenters. The largest absolute Gasteiger partial charge is 0.508 e. The molecule has 0 heterocycles. The van der Waals surface area contributed by atoms with Crippen molar-refractivity contribution in [3.63, 3.8) is 0 Å². The quantitative estimate of drug-likeness (QED) is 0.797. The van der Waals surface area contributed by atoms with E-state index in [0.29, 0.717) is 11.4 Å². The summed E-state index contributed by atoms with van der Waals surface area (Å²) in [7, 11) is 0. The van der Waals surface area contributed by atoms with Crippen LogP contribution in [0.5, 0.6) is 5.75 Å². The average molecular weight is 332 g/mol. The maximum Gasteiger partial charge on any atom is 0.404 e. The van der Waals surface area contributed by atoms with Gasteiger partial charge in [-0.1, -0.05) is 29.8 Å². The standard InChI is InChI=1S/C18H18ClNO3/c19-13-5-1-11(2-6-13)9-16-15-10-14(21)7-3-12(15)4-8-17(16)20-18(22)23/h1-3,5-7,10,16-17,20-21H,4,8-9H2,(H,22,23). The molecule has 120 valence electrons. The van der Waals surface area contributed by atoms with Crippen molar-refractivity contribution in [2.75, 3.05) is 0 Å². The van der Waals surface area contributed by atoms with Gasteiger partial charge in [0, 0.05) is 17.0 Å². The van der Waals surface area contributed by atoms with Crippen molar-refractivity contribution in [2.24, 2.45) is 0 Å². The number of fused-ring (bicyclic) bond motifs is 1. The Labute approximate surface area is 139 Å². The molecular weight excluding hydrogens is 314 g/mol. The van der Waals surface area contributed by atoms with Crippen LogP contribution in [0.3, 0.4) is 0 Å². The van der Waals surface area contributed by atoms with E-state index >= 15 is 0 Å². The van der Waals surface area contributed by atoms with Crippen LogP contribution in [0.15, 0.2) is 42.5 Å². The maximum absolute atomic E-state index is 11.1. The molecule has 0 bridgehead atoms. The second kappa shape index (κ2) is 6.50. The van der Waals surface area contributed by atoms with Gasteiger partial charge in [-0.2, -0.15) is 0 Å². The molecule has 5 heteroatoms. The minimum absolute atomic E-state index is 0.0110. The third kappa shape index (κ3) is 3.59. The van der Waals surface area contributed by atoms with Gasteiger partial charge in [0.15, 0.2) is 0 Å². The normalized spacial score (nSPS) is 19.9. The molecule has 1 amide bonds. The number of benzene rings is 2. The molecular formula is C18H18ClNO3. The Morgan fingerprint density at radius 2 is 1.96 bits per heavy atom. The molecule has 0 fully saturated rings. The first-order valence-electron chi connectivity index (χ1n) is 7.58. The number of halogens is 1. The minimum Gasteiger partial charge on any atom is -0.508 e. The SMILES string of the molecule is O=C(O)NC1CCc2ccc(O)cc2C1Cc1ccc(Cl)cc1. The molecule has 2 aromatic rings. The first-order valence-corrected chi connectivity index (χ1v) is 7.96. The summed E-state index contributed by atoms with van der Waals surface area (Å²) in [6, 6.07) is 12.8. The van der Waals surface area contributed by atoms with Gasteiger partial charge in [0.1, 0.15) is 5.75 Å². The summed E-state index contributed by atoms with van der Waals surface area (Å²) >= 11 is 5.93. The lowest BCUT2D eigenvalue weighted by molar-refractivity contribution is 0.185. The number of amides is 1. The number of carboxylic acid groups (broad SMARTS) is 1. The van der Waals surface area contributed by atoms with E-state index in [4.69, 9.17) is 16.7 Å². The van der Waals surface area contributed by atoms with E-state index in [0.717, 1.165) is 24.0 Å². The first kappa shape index (κ1) is 15.7. The number of aromatic hydroxyl groups is 1. The van der Waals surface area contributed by atoms with Crippen LogP contribution in [0.4, 0.5) is 4.79 Å². The fourth-order valence-electron chi connectivity index (χ4n) is 3.34. The van der Waals surface area contributed by atoms with Crippen LogP contribution < -0.4 is 5.32 Å². The lowest BCUT2D eigenvalue weighted by Gasteiger charge is -2.34. The first-order chi connectivity index (χ1) is 11.0. The van der Waals surface area contributed by atoms with Crippen molar-refractivity contribution in [1.29, 1.82) is 0 Å². The molecule has 0 saturated carbocycles. The number of carbonyl (C=O) groups is 1. The van der Waals surface area contributed by atoms with E-state index < -0.39 is 6.09 Å². The number of rotatable bonds is 3. The highest BCUT2D eigenvalue weighted by atomic mass is 35.5. The van der Waals surface area contributed by atoms with E-state index in [9.17, 15) is 9.90 Å². The Hall–Kier alpha value is -2.20. The summed E-state index contributed by atoms with van der Waals surface area (Å²) in [6.07, 6.45) is 1.23. The fraction of sp³-hybridized carbons (Fsp3) is 0.278. The van der Waals surface area contributed by atoms with Crippen LogP contribution in [0.1, 0.15) is 29.0 Å². The van der Waals surface area contributed by atoms with Crippen LogP contribution in [-0.2, 0) is 12.8 Å². The van der Waals surface area contributed by atoms with Crippen molar-refractivity contribution < 1.29 is 15.0 Å². The fourth-order valence-corrected chi connectivity index (χ4v) is 3.47. The Kier molecular flexibility index (Phi) is 4.44. The van der Waals surface area contributed by atoms with Crippen LogP contribution >= 0.6 is 11.6 Å². The summed E-state index contributed by atoms with van der Waals surface area (Å²) in [6.45, 7) is 0. The van der Waals surface area contributed by atoms with Gasteiger partial charge in [-0.15, -0.1) is 0 Å². The predicted molar refractivity (Wildman–Crippen MR) is 89.3 cm³/mol. The zero-order valence-electron chi connectivity index (χ0n) is 12.5. The van der Waals surface area contributed by atoms with Crippen molar-refractivity contribution in [3.05, 3.63) is 64.2 Å². The second-order valence-electron chi connectivity index (χ2n) is 5.91. The third-order valence-electron chi connectivity index (χ3n) is 4.42. The van der Waals surface area contributed by atoms with E-state index in [2.05, 4.69) is 5.32 Å². The van der Waals surface area contributed by atoms with Crippen molar-refractivity contribution in [3.8, 4) is 5.75 Å². The molecule has 1 aliphatic rings. The molecule has 4 nitrogen and oxygen atoms in total. The molecule has 0 aromatic heterocycles. The lowest BCUT2D eigenvalue weighted by atomic mass is 9.76. The maximum atomic E-state index is 11.1. The summed E-state index contributed by atoms with van der Waals surface area (Å²) in [5, 5.41) is 22.2. The van der Waals surface area contributed by atoms with Crippen LogP contribution in [0.25, 0.3) is 0 Å². The zero-order chi connectivity index (χ0) is 16.4. The zero-order valence-corrected chi connectivity index (χ0v) is 13.3. The molecule has 0 spiro atoms. The molecule has 3 N–H and O–H groups in total. The van der Waals surface area contributed by atoms with Gasteiger partial charge < -0.3 is 15.5 Å². The molecule has 1 aliphatic carbocycles. The van der Waals surface area contributed by atoms with Gasteiger partial charge in [-0.25, -0.2) is 4.79 Å². The number of phenols is 1. The van der Waals surface area contributed by atoms with Crippen LogP contribution in [0, 0.1) is 0 Å². The Morgan fingerprint density at radius 1 is 1.22 bits per heavy atom. The van der Waals surface area contributed by atoms with Crippen LogP contribution in [0.2, 0.25) is 5.02 Å². The Balaban J connectivity index is 1.94. The van der Waals surface area contributed by atoms with Crippen molar-refractivity contribution >= 4 is 17.7 Å². The van der Waals surface area contributed by atoms with Gasteiger partial charge in [0.25, 0.3) is 0 Å². The van der Waals surface area contributed by atoms with Gasteiger partial charge in [0.2, 0.25) is 0 Å². The number of nitrogens with one attached hydrogen (secondary N) is 1. The van der Waals surface area contributed by atoms with Gasteiger partial charge in [-0.3, -0.25) is 0 Å². The summed E-state index contributed by atoms with van der Waals surface area (Å²) in [5.74, 6) is 0.198. The molecule has 0 aliphatic heterocycles. The van der Waals surface area contributed by atoms with E-state index in [1.54, 1.807) is 12.1 Å². The number of phenolic OH excluding ortho intramolecular Hbond substituents is 1. The smallest absolute Gasteiger partial charge is 0.404 e. The lowest BCUT2D eigenvalue weighted by Crippen LogP contribution is -2.42. The van der Waals surface area contributed by atoms with Crippen molar-refractivity contribution in [1.82, 2.24) is 5.32 Å². The minimum atomic E-state index is -1.01. The second-order valence-corrected chi connectivity index (χ2v) is 6.35. The predicted octanol–water partition coefficient (Wildman–Crippen LogP) is 3.95. The highest BCUT2D eigenvalue weighted by Crippen LogP contribution is 2.36.